The van der Waals surface area contributed by atoms with Gasteiger partial charge in [0.2, 0.25) is 17.5 Å². The first-order valence-corrected chi connectivity index (χ1v) is 5.93. The quantitative estimate of drug-likeness (QED) is 0.479. The largest absolute Gasteiger partial charge is 0.481 e. The predicted molar refractivity (Wildman–Crippen MR) is 62.0 cm³/mol. The third kappa shape index (κ3) is 4.23. The number of unbranched alkanes of at least 4 members (excludes halogenated alkanes) is 1. The molecule has 0 aliphatic carbocycles. The van der Waals surface area contributed by atoms with E-state index in [2.05, 4.69) is 10.6 Å². The number of carbonyl (C=O) groups excluding carboxylic acids is 2. The van der Waals surface area contributed by atoms with E-state index in [1.54, 1.807) is 0 Å². The van der Waals surface area contributed by atoms with Crippen LogP contribution in [0.4, 0.5) is 0 Å². The molecule has 8 heteroatoms. The molecule has 1 fully saturated rings. The lowest BCUT2D eigenvalue weighted by Crippen LogP contribution is -2.64. The van der Waals surface area contributed by atoms with Gasteiger partial charge >= 0.3 is 11.9 Å². The molecule has 0 bridgehead atoms. The number of carboxylic acids is 2. The van der Waals surface area contributed by atoms with Crippen molar-refractivity contribution in [2.75, 3.05) is 0 Å². The van der Waals surface area contributed by atoms with Crippen molar-refractivity contribution >= 4 is 23.8 Å². The Labute approximate surface area is 109 Å². The summed E-state index contributed by atoms with van der Waals surface area (Å²) in [6.45, 7) is 0. The summed E-state index contributed by atoms with van der Waals surface area (Å²) in [7, 11) is 0. The highest BCUT2D eigenvalue weighted by molar-refractivity contribution is 5.95. The normalized spacial score (nSPS) is 18.1. The molecule has 19 heavy (non-hydrogen) atoms. The molecule has 1 rings (SSSR count). The van der Waals surface area contributed by atoms with Crippen molar-refractivity contribution in [3.63, 3.8) is 0 Å². The van der Waals surface area contributed by atoms with Crippen LogP contribution >= 0.6 is 0 Å². The molecule has 0 atom stereocenters. The Morgan fingerprint density at radius 1 is 1.05 bits per heavy atom. The van der Waals surface area contributed by atoms with Crippen molar-refractivity contribution in [1.82, 2.24) is 10.6 Å². The average Bonchev–Trinajstić information content (AvgIpc) is 2.45. The lowest BCUT2D eigenvalue weighted by atomic mass is 10.0. The van der Waals surface area contributed by atoms with Gasteiger partial charge in [-0.1, -0.05) is 0 Å². The molecular weight excluding hydrogens is 256 g/mol. The van der Waals surface area contributed by atoms with Crippen molar-refractivity contribution in [3.8, 4) is 0 Å². The fourth-order valence-electron chi connectivity index (χ4n) is 1.86. The molecule has 1 heterocycles. The summed E-state index contributed by atoms with van der Waals surface area (Å²) < 4.78 is 0. The second-order valence-corrected chi connectivity index (χ2v) is 4.41. The van der Waals surface area contributed by atoms with E-state index in [0.29, 0.717) is 0 Å². The van der Waals surface area contributed by atoms with Gasteiger partial charge in [0.15, 0.2) is 0 Å². The molecule has 106 valence electrons. The Morgan fingerprint density at radius 2 is 1.58 bits per heavy atom. The van der Waals surface area contributed by atoms with Crippen LogP contribution in [-0.2, 0) is 19.2 Å². The number of hydrogen-bond acceptors (Lipinski definition) is 4. The van der Waals surface area contributed by atoms with Gasteiger partial charge in [0.05, 0.1) is 0 Å². The topological polar surface area (TPSA) is 133 Å². The van der Waals surface area contributed by atoms with E-state index in [1.807, 2.05) is 0 Å². The lowest BCUT2D eigenvalue weighted by Gasteiger charge is -2.29. The van der Waals surface area contributed by atoms with Crippen LogP contribution in [0, 0.1) is 0 Å². The molecule has 0 unspecified atom stereocenters. The van der Waals surface area contributed by atoms with E-state index < -0.39 is 29.4 Å². The van der Waals surface area contributed by atoms with E-state index in [9.17, 15) is 24.3 Å². The smallest absolute Gasteiger partial charge is 0.350 e. The second-order valence-electron chi connectivity index (χ2n) is 4.41. The fourth-order valence-corrected chi connectivity index (χ4v) is 1.86. The zero-order valence-corrected chi connectivity index (χ0v) is 10.3. The Morgan fingerprint density at radius 3 is 2.00 bits per heavy atom. The first-order chi connectivity index (χ1) is 8.85. The Kier molecular flexibility index (Phi) is 4.85. The van der Waals surface area contributed by atoms with Crippen molar-refractivity contribution in [1.29, 1.82) is 0 Å². The molecule has 0 aromatic heterocycles. The van der Waals surface area contributed by atoms with Gasteiger partial charge in [0.1, 0.15) is 0 Å². The van der Waals surface area contributed by atoms with Crippen LogP contribution in [0.3, 0.4) is 0 Å². The molecule has 1 saturated heterocycles. The molecule has 1 aliphatic heterocycles. The molecule has 0 aromatic rings. The van der Waals surface area contributed by atoms with E-state index in [1.165, 1.54) is 0 Å². The Hall–Kier alpha value is -2.12. The maximum atomic E-state index is 11.4. The van der Waals surface area contributed by atoms with Crippen LogP contribution in [0.5, 0.6) is 0 Å². The number of amides is 2. The number of nitrogens with one attached hydrogen (secondary N) is 2. The standard InChI is InChI=1S/C11H16N2O6/c14-7-4-5-8(15)13-11(12-7,10(18)19)6-2-1-3-9(16)17/h1-6H2,(H,12,14)(H,13,15)(H,16,17)(H,18,19). The number of hydrogen-bond donors (Lipinski definition) is 4. The summed E-state index contributed by atoms with van der Waals surface area (Å²) in [5.41, 5.74) is -1.83. The van der Waals surface area contributed by atoms with Gasteiger partial charge in [-0.2, -0.15) is 0 Å². The number of aliphatic carboxylic acids is 2. The van der Waals surface area contributed by atoms with Gasteiger partial charge < -0.3 is 20.8 Å². The molecule has 0 saturated carbocycles. The van der Waals surface area contributed by atoms with Crippen LogP contribution < -0.4 is 10.6 Å². The molecule has 4 N–H and O–H groups in total. The van der Waals surface area contributed by atoms with Crippen LogP contribution in [0.2, 0.25) is 0 Å². The summed E-state index contributed by atoms with van der Waals surface area (Å²) in [6.07, 6.45) is 0.284. The summed E-state index contributed by atoms with van der Waals surface area (Å²) in [6, 6.07) is 0. The first kappa shape index (κ1) is 14.9. The van der Waals surface area contributed by atoms with Crippen molar-refractivity contribution in [2.24, 2.45) is 0 Å². The van der Waals surface area contributed by atoms with Gasteiger partial charge in [-0.25, -0.2) is 4.79 Å². The number of rotatable bonds is 6. The monoisotopic (exact) mass is 272 g/mol. The Balaban J connectivity index is 2.71. The Bertz CT molecular complexity index is 388. The summed E-state index contributed by atoms with van der Waals surface area (Å²) >= 11 is 0. The highest BCUT2D eigenvalue weighted by Gasteiger charge is 2.42. The van der Waals surface area contributed by atoms with Gasteiger partial charge in [0.25, 0.3) is 0 Å². The third-order valence-electron chi connectivity index (χ3n) is 2.84. The zero-order valence-electron chi connectivity index (χ0n) is 10.3. The minimum absolute atomic E-state index is 0.0485. The van der Waals surface area contributed by atoms with Gasteiger partial charge in [-0.3, -0.25) is 14.4 Å². The molecule has 0 spiro atoms. The first-order valence-electron chi connectivity index (χ1n) is 5.93. The minimum atomic E-state index is -1.83. The lowest BCUT2D eigenvalue weighted by molar-refractivity contribution is -0.151. The minimum Gasteiger partial charge on any atom is -0.481 e. The molecular formula is C11H16N2O6. The number of carboxylic acid groups (broad SMARTS) is 2. The van der Waals surface area contributed by atoms with Crippen LogP contribution in [0.25, 0.3) is 0 Å². The molecule has 0 aromatic carbocycles. The van der Waals surface area contributed by atoms with Crippen molar-refractivity contribution in [3.05, 3.63) is 0 Å². The van der Waals surface area contributed by atoms with E-state index in [-0.39, 0.29) is 38.5 Å². The van der Waals surface area contributed by atoms with E-state index in [4.69, 9.17) is 5.11 Å². The van der Waals surface area contributed by atoms with Gasteiger partial charge in [-0.15, -0.1) is 0 Å². The van der Waals surface area contributed by atoms with Gasteiger partial charge in [0, 0.05) is 25.7 Å². The van der Waals surface area contributed by atoms with Gasteiger partial charge in [-0.05, 0) is 12.8 Å². The summed E-state index contributed by atoms with van der Waals surface area (Å²) in [4.78, 5) is 44.5. The maximum absolute atomic E-state index is 11.4. The average molecular weight is 272 g/mol. The van der Waals surface area contributed by atoms with E-state index >= 15 is 0 Å². The summed E-state index contributed by atoms with van der Waals surface area (Å²) in [5.74, 6) is -3.36. The molecule has 8 nitrogen and oxygen atoms in total. The molecule has 1 aliphatic rings. The molecule has 0 radical (unpaired) electrons. The SMILES string of the molecule is O=C(O)CCCCC1(C(=O)O)NC(=O)CCC(=O)N1. The zero-order chi connectivity index (χ0) is 14.5. The van der Waals surface area contributed by atoms with Crippen LogP contribution in [-0.4, -0.2) is 39.6 Å². The second kappa shape index (κ2) is 6.17. The summed E-state index contributed by atoms with van der Waals surface area (Å²) in [5, 5.41) is 22.3. The van der Waals surface area contributed by atoms with E-state index in [0.717, 1.165) is 0 Å². The van der Waals surface area contributed by atoms with Crippen LogP contribution in [0.15, 0.2) is 0 Å². The highest BCUT2D eigenvalue weighted by Crippen LogP contribution is 2.16. The fraction of sp³-hybridized carbons (Fsp3) is 0.636. The number of carbonyl (C=O) groups is 4. The third-order valence-corrected chi connectivity index (χ3v) is 2.84. The van der Waals surface area contributed by atoms with Crippen molar-refractivity contribution in [2.45, 2.75) is 44.2 Å². The predicted octanol–water partition coefficient (Wildman–Crippen LogP) is -0.562. The van der Waals surface area contributed by atoms with Crippen molar-refractivity contribution < 1.29 is 29.4 Å². The van der Waals surface area contributed by atoms with Crippen LogP contribution in [0.1, 0.15) is 38.5 Å². The molecule has 2 amide bonds. The maximum Gasteiger partial charge on any atom is 0.350 e. The highest BCUT2D eigenvalue weighted by atomic mass is 16.4.